The van der Waals surface area contributed by atoms with Gasteiger partial charge in [0.1, 0.15) is 18.4 Å². The first-order chi connectivity index (χ1) is 14.7. The van der Waals surface area contributed by atoms with E-state index in [0.29, 0.717) is 24.5 Å². The minimum atomic E-state index is -4.11. The first-order valence-electron chi connectivity index (χ1n) is 10.2. The SMILES string of the molecule is Cc1cc(N2CCC(C(F)(F)F)CC2)ccc1Nc1ccc2c(c1)OCC(N)C(=O)N2. The van der Waals surface area contributed by atoms with Crippen LogP contribution in [0.2, 0.25) is 0 Å². The molecule has 1 unspecified atom stereocenters. The molecule has 0 bridgehead atoms. The Balaban J connectivity index is 1.44. The minimum Gasteiger partial charge on any atom is -0.489 e. The number of hydrogen-bond donors (Lipinski definition) is 3. The second kappa shape index (κ2) is 8.30. The molecule has 2 aliphatic heterocycles. The summed E-state index contributed by atoms with van der Waals surface area (Å²) in [5.41, 5.74) is 9.85. The number of aryl methyl sites for hydroxylation is 1. The number of hydrogen-bond acceptors (Lipinski definition) is 5. The van der Waals surface area contributed by atoms with Gasteiger partial charge in [0.05, 0.1) is 11.6 Å². The largest absolute Gasteiger partial charge is 0.489 e. The average molecular weight is 434 g/mol. The summed E-state index contributed by atoms with van der Waals surface area (Å²) in [7, 11) is 0. The van der Waals surface area contributed by atoms with Crippen molar-refractivity contribution in [2.45, 2.75) is 32.0 Å². The molecule has 0 aromatic heterocycles. The number of piperidine rings is 1. The number of fused-ring (bicyclic) bond motifs is 1. The third-order valence-corrected chi connectivity index (χ3v) is 5.81. The molecule has 1 amide bonds. The summed E-state index contributed by atoms with van der Waals surface area (Å²) < 4.78 is 44.3. The zero-order valence-corrected chi connectivity index (χ0v) is 17.1. The zero-order chi connectivity index (χ0) is 22.2. The van der Waals surface area contributed by atoms with Gasteiger partial charge < -0.3 is 26.0 Å². The average Bonchev–Trinajstić information content (AvgIpc) is 2.87. The van der Waals surface area contributed by atoms with Crippen LogP contribution in [0.15, 0.2) is 36.4 Å². The van der Waals surface area contributed by atoms with Crippen molar-refractivity contribution >= 4 is 28.7 Å². The van der Waals surface area contributed by atoms with Crippen molar-refractivity contribution in [3.63, 3.8) is 0 Å². The minimum absolute atomic E-state index is 0.0983. The number of ether oxygens (including phenoxy) is 1. The molecule has 2 heterocycles. The molecular formula is C22H25F3N4O2. The van der Waals surface area contributed by atoms with Crippen molar-refractivity contribution in [3.8, 4) is 5.75 Å². The van der Waals surface area contributed by atoms with E-state index in [0.717, 1.165) is 22.6 Å². The van der Waals surface area contributed by atoms with Crippen molar-refractivity contribution in [1.82, 2.24) is 0 Å². The van der Waals surface area contributed by atoms with Crippen LogP contribution < -0.4 is 26.0 Å². The molecule has 0 aliphatic carbocycles. The van der Waals surface area contributed by atoms with Gasteiger partial charge >= 0.3 is 6.18 Å². The standard InChI is InChI=1S/C22H25F3N4O2/c1-13-10-16(29-8-6-14(7-9-29)22(23,24)25)3-5-18(13)27-15-2-4-19-20(11-15)31-12-17(26)21(30)28-19/h2-5,10-11,14,17,27H,6-9,12,26H2,1H3,(H,28,30). The lowest BCUT2D eigenvalue weighted by atomic mass is 9.96. The van der Waals surface area contributed by atoms with Gasteiger partial charge in [0, 0.05) is 36.2 Å². The molecule has 2 aliphatic rings. The summed E-state index contributed by atoms with van der Waals surface area (Å²) in [4.78, 5) is 13.8. The number of nitrogens with two attached hydrogens (primary N) is 1. The number of nitrogens with zero attached hydrogens (tertiary/aromatic N) is 1. The van der Waals surface area contributed by atoms with Crippen molar-refractivity contribution < 1.29 is 22.7 Å². The maximum Gasteiger partial charge on any atom is 0.391 e. The van der Waals surface area contributed by atoms with E-state index in [2.05, 4.69) is 10.6 Å². The van der Waals surface area contributed by atoms with Gasteiger partial charge in [-0.3, -0.25) is 4.79 Å². The van der Waals surface area contributed by atoms with Crippen LogP contribution in [0.25, 0.3) is 0 Å². The molecule has 1 saturated heterocycles. The molecule has 0 spiro atoms. The topological polar surface area (TPSA) is 79.6 Å². The predicted octanol–water partition coefficient (Wildman–Crippen LogP) is 4.18. The predicted molar refractivity (Wildman–Crippen MR) is 114 cm³/mol. The second-order valence-electron chi connectivity index (χ2n) is 8.04. The van der Waals surface area contributed by atoms with Crippen molar-refractivity contribution in [2.75, 3.05) is 35.2 Å². The normalized spacial score (nSPS) is 19.8. The number of amides is 1. The molecule has 6 nitrogen and oxygen atoms in total. The van der Waals surface area contributed by atoms with Crippen molar-refractivity contribution in [2.24, 2.45) is 11.7 Å². The Hall–Kier alpha value is -2.94. The van der Waals surface area contributed by atoms with E-state index in [1.54, 1.807) is 12.1 Å². The number of rotatable bonds is 3. The fraction of sp³-hybridized carbons (Fsp3) is 0.409. The quantitative estimate of drug-likeness (QED) is 0.676. The molecule has 2 aromatic carbocycles. The second-order valence-corrected chi connectivity index (χ2v) is 8.04. The maximum absolute atomic E-state index is 12.9. The highest BCUT2D eigenvalue weighted by molar-refractivity contribution is 5.97. The molecule has 4 N–H and O–H groups in total. The summed E-state index contributed by atoms with van der Waals surface area (Å²) in [6.07, 6.45) is -3.86. The number of halogens is 3. The van der Waals surface area contributed by atoms with Crippen molar-refractivity contribution in [1.29, 1.82) is 0 Å². The molecule has 0 radical (unpaired) electrons. The molecule has 4 rings (SSSR count). The number of carbonyl (C=O) groups excluding carboxylic acids is 1. The first-order valence-corrected chi connectivity index (χ1v) is 10.2. The summed E-state index contributed by atoms with van der Waals surface area (Å²) >= 11 is 0. The Morgan fingerprint density at radius 3 is 2.58 bits per heavy atom. The van der Waals surface area contributed by atoms with Gasteiger partial charge in [-0.25, -0.2) is 0 Å². The molecule has 1 atom stereocenters. The van der Waals surface area contributed by atoms with Crippen LogP contribution in [-0.2, 0) is 4.79 Å². The number of benzene rings is 2. The number of carbonyl (C=O) groups is 1. The molecule has 1 fully saturated rings. The third kappa shape index (κ3) is 4.71. The first kappa shape index (κ1) is 21.3. The van der Waals surface area contributed by atoms with Crippen LogP contribution in [0, 0.1) is 12.8 Å². The summed E-state index contributed by atoms with van der Waals surface area (Å²) in [5, 5.41) is 6.07. The van der Waals surface area contributed by atoms with Crippen LogP contribution in [0.1, 0.15) is 18.4 Å². The van der Waals surface area contributed by atoms with Gasteiger partial charge in [0.2, 0.25) is 5.91 Å². The van der Waals surface area contributed by atoms with E-state index < -0.39 is 18.1 Å². The van der Waals surface area contributed by atoms with Gasteiger partial charge in [-0.05, 0) is 55.7 Å². The number of anilines is 4. The maximum atomic E-state index is 12.9. The third-order valence-electron chi connectivity index (χ3n) is 5.81. The van der Waals surface area contributed by atoms with Gasteiger partial charge in [-0.1, -0.05) is 0 Å². The monoisotopic (exact) mass is 434 g/mol. The number of alkyl halides is 3. The van der Waals surface area contributed by atoms with E-state index >= 15 is 0 Å². The van der Waals surface area contributed by atoms with E-state index in [-0.39, 0.29) is 25.4 Å². The van der Waals surface area contributed by atoms with E-state index in [1.165, 1.54) is 0 Å². The summed E-state index contributed by atoms with van der Waals surface area (Å²) in [6, 6.07) is 10.5. The zero-order valence-electron chi connectivity index (χ0n) is 17.1. The Kier molecular flexibility index (Phi) is 5.70. The van der Waals surface area contributed by atoms with Gasteiger partial charge in [-0.2, -0.15) is 13.2 Å². The Morgan fingerprint density at radius 1 is 1.16 bits per heavy atom. The smallest absolute Gasteiger partial charge is 0.391 e. The van der Waals surface area contributed by atoms with Crippen molar-refractivity contribution in [3.05, 3.63) is 42.0 Å². The fourth-order valence-corrected chi connectivity index (χ4v) is 3.91. The number of nitrogens with one attached hydrogen (secondary N) is 2. The Bertz CT molecular complexity index is 972. The fourth-order valence-electron chi connectivity index (χ4n) is 3.91. The van der Waals surface area contributed by atoms with Crippen LogP contribution in [-0.4, -0.2) is 37.8 Å². The van der Waals surface area contributed by atoms with Crippen LogP contribution >= 0.6 is 0 Å². The molecule has 9 heteroatoms. The van der Waals surface area contributed by atoms with Crippen LogP contribution in [0.5, 0.6) is 5.75 Å². The highest BCUT2D eigenvalue weighted by atomic mass is 19.4. The molecule has 166 valence electrons. The lowest BCUT2D eigenvalue weighted by Gasteiger charge is -2.34. The summed E-state index contributed by atoms with van der Waals surface area (Å²) in [5.74, 6) is -0.959. The molecule has 31 heavy (non-hydrogen) atoms. The Morgan fingerprint density at radius 2 is 1.90 bits per heavy atom. The Labute approximate surface area is 178 Å². The van der Waals surface area contributed by atoms with Gasteiger partial charge in [0.25, 0.3) is 0 Å². The van der Waals surface area contributed by atoms with Crippen LogP contribution in [0.3, 0.4) is 0 Å². The highest BCUT2D eigenvalue weighted by Crippen LogP contribution is 2.36. The summed E-state index contributed by atoms with van der Waals surface area (Å²) in [6.45, 7) is 2.84. The van der Waals surface area contributed by atoms with Gasteiger partial charge in [0.15, 0.2) is 0 Å². The molecule has 2 aromatic rings. The van der Waals surface area contributed by atoms with E-state index in [1.807, 2.05) is 36.1 Å². The lowest BCUT2D eigenvalue weighted by molar-refractivity contribution is -0.179. The molecule has 0 saturated carbocycles. The van der Waals surface area contributed by atoms with E-state index in [4.69, 9.17) is 10.5 Å². The molecular weight excluding hydrogens is 409 g/mol. The highest BCUT2D eigenvalue weighted by Gasteiger charge is 2.41. The van der Waals surface area contributed by atoms with Crippen LogP contribution in [0.4, 0.5) is 35.9 Å². The van der Waals surface area contributed by atoms with Gasteiger partial charge in [-0.15, -0.1) is 0 Å². The lowest BCUT2D eigenvalue weighted by Crippen LogP contribution is -2.39. The van der Waals surface area contributed by atoms with E-state index in [9.17, 15) is 18.0 Å².